The van der Waals surface area contributed by atoms with E-state index in [2.05, 4.69) is 17.9 Å². The third-order valence-electron chi connectivity index (χ3n) is 2.59. The van der Waals surface area contributed by atoms with Gasteiger partial charge in [0, 0.05) is 25.8 Å². The summed E-state index contributed by atoms with van der Waals surface area (Å²) in [5.41, 5.74) is 2.37. The van der Waals surface area contributed by atoms with E-state index < -0.39 is 0 Å². The lowest BCUT2D eigenvalue weighted by Crippen LogP contribution is -2.08. The van der Waals surface area contributed by atoms with E-state index in [-0.39, 0.29) is 0 Å². The SMILES string of the molecule is Cc1ccc(Oc2cccc(N(C)C)c2)cc1. The third-order valence-corrected chi connectivity index (χ3v) is 2.59. The summed E-state index contributed by atoms with van der Waals surface area (Å²) in [4.78, 5) is 2.06. The Labute approximate surface area is 102 Å². The van der Waals surface area contributed by atoms with Crippen molar-refractivity contribution in [2.24, 2.45) is 0 Å². The molecule has 0 atom stereocenters. The van der Waals surface area contributed by atoms with E-state index in [9.17, 15) is 0 Å². The predicted molar refractivity (Wildman–Crippen MR) is 72.0 cm³/mol. The standard InChI is InChI=1S/C15H17NO/c1-12-7-9-14(10-8-12)17-15-6-4-5-13(11-15)16(2)3/h4-11H,1-3H3. The van der Waals surface area contributed by atoms with Crippen LogP contribution >= 0.6 is 0 Å². The van der Waals surface area contributed by atoms with Crippen LogP contribution in [-0.2, 0) is 0 Å². The minimum atomic E-state index is 0.861. The summed E-state index contributed by atoms with van der Waals surface area (Å²) in [6, 6.07) is 16.1. The Morgan fingerprint density at radius 1 is 0.882 bits per heavy atom. The zero-order valence-electron chi connectivity index (χ0n) is 10.5. The molecule has 0 aliphatic heterocycles. The summed E-state index contributed by atoms with van der Waals surface area (Å²) in [6.07, 6.45) is 0. The average molecular weight is 227 g/mol. The molecule has 2 aromatic carbocycles. The molecule has 2 heteroatoms. The first-order chi connectivity index (χ1) is 8.15. The number of rotatable bonds is 3. The maximum absolute atomic E-state index is 5.80. The molecule has 0 N–H and O–H groups in total. The molecule has 0 amide bonds. The van der Waals surface area contributed by atoms with E-state index in [0.717, 1.165) is 17.2 Å². The molecule has 88 valence electrons. The highest BCUT2D eigenvalue weighted by Crippen LogP contribution is 2.25. The summed E-state index contributed by atoms with van der Waals surface area (Å²) in [5.74, 6) is 1.73. The fourth-order valence-corrected chi connectivity index (χ4v) is 1.57. The van der Waals surface area contributed by atoms with E-state index in [1.807, 2.05) is 56.6 Å². The summed E-state index contributed by atoms with van der Waals surface area (Å²) in [6.45, 7) is 2.07. The monoisotopic (exact) mass is 227 g/mol. The van der Waals surface area contributed by atoms with Crippen LogP contribution in [0.5, 0.6) is 11.5 Å². The summed E-state index contributed by atoms with van der Waals surface area (Å²) in [7, 11) is 4.04. The molecule has 0 fully saturated rings. The first kappa shape index (κ1) is 11.5. The van der Waals surface area contributed by atoms with Crippen LogP contribution in [0.2, 0.25) is 0 Å². The van der Waals surface area contributed by atoms with Gasteiger partial charge in [-0.2, -0.15) is 0 Å². The second kappa shape index (κ2) is 4.91. The lowest BCUT2D eigenvalue weighted by atomic mass is 10.2. The quantitative estimate of drug-likeness (QED) is 0.789. The molecule has 0 heterocycles. The Kier molecular flexibility index (Phi) is 3.33. The molecular weight excluding hydrogens is 210 g/mol. The Morgan fingerprint density at radius 3 is 2.24 bits per heavy atom. The van der Waals surface area contributed by atoms with Crippen LogP contribution in [0.25, 0.3) is 0 Å². The molecular formula is C15H17NO. The van der Waals surface area contributed by atoms with Crippen LogP contribution in [0.1, 0.15) is 5.56 Å². The van der Waals surface area contributed by atoms with Crippen molar-refractivity contribution < 1.29 is 4.74 Å². The molecule has 2 nitrogen and oxygen atoms in total. The lowest BCUT2D eigenvalue weighted by Gasteiger charge is -2.14. The lowest BCUT2D eigenvalue weighted by molar-refractivity contribution is 0.482. The van der Waals surface area contributed by atoms with E-state index in [0.29, 0.717) is 0 Å². The van der Waals surface area contributed by atoms with E-state index in [1.54, 1.807) is 0 Å². The first-order valence-electron chi connectivity index (χ1n) is 5.67. The predicted octanol–water partition coefficient (Wildman–Crippen LogP) is 3.85. The van der Waals surface area contributed by atoms with Gasteiger partial charge >= 0.3 is 0 Å². The molecule has 0 saturated heterocycles. The number of benzene rings is 2. The summed E-state index contributed by atoms with van der Waals surface area (Å²) < 4.78 is 5.80. The van der Waals surface area contributed by atoms with Gasteiger partial charge in [0.25, 0.3) is 0 Å². The number of hydrogen-bond donors (Lipinski definition) is 0. The second-order valence-corrected chi connectivity index (χ2v) is 4.31. The molecule has 2 rings (SSSR count). The Balaban J connectivity index is 2.18. The number of ether oxygens (including phenoxy) is 1. The molecule has 0 aromatic heterocycles. The fraction of sp³-hybridized carbons (Fsp3) is 0.200. The van der Waals surface area contributed by atoms with Crippen LogP contribution in [-0.4, -0.2) is 14.1 Å². The Morgan fingerprint density at radius 2 is 1.59 bits per heavy atom. The largest absolute Gasteiger partial charge is 0.457 e. The normalized spacial score (nSPS) is 10.1. The van der Waals surface area contributed by atoms with E-state index in [4.69, 9.17) is 4.74 Å². The van der Waals surface area contributed by atoms with Crippen molar-refractivity contribution in [1.82, 2.24) is 0 Å². The van der Waals surface area contributed by atoms with Gasteiger partial charge in [0.05, 0.1) is 0 Å². The van der Waals surface area contributed by atoms with Crippen LogP contribution in [0.15, 0.2) is 48.5 Å². The van der Waals surface area contributed by atoms with Gasteiger partial charge in [-0.05, 0) is 31.2 Å². The van der Waals surface area contributed by atoms with Gasteiger partial charge in [-0.1, -0.05) is 23.8 Å². The van der Waals surface area contributed by atoms with Crippen LogP contribution in [0.3, 0.4) is 0 Å². The molecule has 0 bridgehead atoms. The van der Waals surface area contributed by atoms with Gasteiger partial charge in [-0.15, -0.1) is 0 Å². The molecule has 0 aliphatic carbocycles. The molecule has 17 heavy (non-hydrogen) atoms. The van der Waals surface area contributed by atoms with Gasteiger partial charge in [0.15, 0.2) is 0 Å². The highest BCUT2D eigenvalue weighted by Gasteiger charge is 2.00. The van der Waals surface area contributed by atoms with Crippen molar-refractivity contribution in [2.75, 3.05) is 19.0 Å². The maximum Gasteiger partial charge on any atom is 0.129 e. The molecule has 0 spiro atoms. The Hall–Kier alpha value is -1.96. The second-order valence-electron chi connectivity index (χ2n) is 4.31. The maximum atomic E-state index is 5.80. The van der Waals surface area contributed by atoms with Crippen LogP contribution < -0.4 is 9.64 Å². The molecule has 2 aromatic rings. The minimum absolute atomic E-state index is 0.861. The fourth-order valence-electron chi connectivity index (χ4n) is 1.57. The van der Waals surface area contributed by atoms with Crippen molar-refractivity contribution >= 4 is 5.69 Å². The van der Waals surface area contributed by atoms with Crippen molar-refractivity contribution in [2.45, 2.75) is 6.92 Å². The van der Waals surface area contributed by atoms with Gasteiger partial charge < -0.3 is 9.64 Å². The van der Waals surface area contributed by atoms with Crippen molar-refractivity contribution in [3.63, 3.8) is 0 Å². The molecule has 0 radical (unpaired) electrons. The highest BCUT2D eigenvalue weighted by atomic mass is 16.5. The molecule has 0 aliphatic rings. The number of anilines is 1. The minimum Gasteiger partial charge on any atom is -0.457 e. The van der Waals surface area contributed by atoms with Gasteiger partial charge in [-0.25, -0.2) is 0 Å². The Bertz CT molecular complexity index is 489. The summed E-state index contributed by atoms with van der Waals surface area (Å²) >= 11 is 0. The average Bonchev–Trinajstić information content (AvgIpc) is 2.32. The van der Waals surface area contributed by atoms with Crippen LogP contribution in [0.4, 0.5) is 5.69 Å². The zero-order chi connectivity index (χ0) is 12.3. The van der Waals surface area contributed by atoms with Crippen molar-refractivity contribution in [3.05, 3.63) is 54.1 Å². The van der Waals surface area contributed by atoms with Gasteiger partial charge in [-0.3, -0.25) is 0 Å². The van der Waals surface area contributed by atoms with Crippen molar-refractivity contribution in [3.8, 4) is 11.5 Å². The highest BCUT2D eigenvalue weighted by molar-refractivity contribution is 5.50. The zero-order valence-corrected chi connectivity index (χ0v) is 10.5. The van der Waals surface area contributed by atoms with Gasteiger partial charge in [0.2, 0.25) is 0 Å². The summed E-state index contributed by atoms with van der Waals surface area (Å²) in [5, 5.41) is 0. The van der Waals surface area contributed by atoms with Crippen LogP contribution in [0, 0.1) is 6.92 Å². The third kappa shape index (κ3) is 3.00. The first-order valence-corrected chi connectivity index (χ1v) is 5.67. The van der Waals surface area contributed by atoms with E-state index in [1.165, 1.54) is 5.56 Å². The van der Waals surface area contributed by atoms with E-state index >= 15 is 0 Å². The number of hydrogen-bond acceptors (Lipinski definition) is 2. The molecule has 0 unspecified atom stereocenters. The van der Waals surface area contributed by atoms with Gasteiger partial charge in [0.1, 0.15) is 11.5 Å². The topological polar surface area (TPSA) is 12.5 Å². The number of nitrogens with zero attached hydrogens (tertiary/aromatic N) is 1. The number of aryl methyl sites for hydroxylation is 1. The van der Waals surface area contributed by atoms with Crippen molar-refractivity contribution in [1.29, 1.82) is 0 Å². The smallest absolute Gasteiger partial charge is 0.129 e. The molecule has 0 saturated carbocycles.